The SMILES string of the molecule is Cc1cccc2nc(Cc3cccc(O)c3)cn12. The molecule has 2 aromatic heterocycles. The third-order valence-electron chi connectivity index (χ3n) is 3.04. The lowest BCUT2D eigenvalue weighted by Gasteiger charge is -1.98. The van der Waals surface area contributed by atoms with Gasteiger partial charge in [-0.1, -0.05) is 18.2 Å². The number of rotatable bonds is 2. The van der Waals surface area contributed by atoms with Gasteiger partial charge in [0.25, 0.3) is 0 Å². The molecule has 1 N–H and O–H groups in total. The largest absolute Gasteiger partial charge is 0.508 e. The standard InChI is InChI=1S/C15H14N2O/c1-11-4-2-7-15-16-13(10-17(11)15)8-12-5-3-6-14(18)9-12/h2-7,9-10,18H,8H2,1H3. The lowest BCUT2D eigenvalue weighted by Crippen LogP contribution is -1.88. The Labute approximate surface area is 105 Å². The number of nitrogens with zero attached hydrogens (tertiary/aromatic N) is 2. The molecule has 3 heteroatoms. The van der Waals surface area contributed by atoms with Gasteiger partial charge >= 0.3 is 0 Å². The third kappa shape index (κ3) is 1.95. The Balaban J connectivity index is 1.98. The van der Waals surface area contributed by atoms with E-state index < -0.39 is 0 Å². The average Bonchev–Trinajstić information content (AvgIpc) is 2.73. The minimum absolute atomic E-state index is 0.299. The number of aryl methyl sites for hydroxylation is 1. The van der Waals surface area contributed by atoms with E-state index in [1.165, 1.54) is 5.69 Å². The van der Waals surface area contributed by atoms with Gasteiger partial charge in [-0.2, -0.15) is 0 Å². The van der Waals surface area contributed by atoms with Gasteiger partial charge in [0.05, 0.1) is 5.69 Å². The summed E-state index contributed by atoms with van der Waals surface area (Å²) < 4.78 is 2.08. The second-order valence-corrected chi connectivity index (χ2v) is 4.47. The van der Waals surface area contributed by atoms with E-state index in [1.54, 1.807) is 12.1 Å². The van der Waals surface area contributed by atoms with Gasteiger partial charge in [0.2, 0.25) is 0 Å². The van der Waals surface area contributed by atoms with E-state index in [4.69, 9.17) is 0 Å². The number of aromatic nitrogens is 2. The minimum Gasteiger partial charge on any atom is -0.508 e. The number of hydrogen-bond acceptors (Lipinski definition) is 2. The Morgan fingerprint density at radius 1 is 1.17 bits per heavy atom. The number of pyridine rings is 1. The minimum atomic E-state index is 0.299. The van der Waals surface area contributed by atoms with Crippen LogP contribution >= 0.6 is 0 Å². The smallest absolute Gasteiger partial charge is 0.137 e. The molecule has 0 fully saturated rings. The zero-order chi connectivity index (χ0) is 12.5. The van der Waals surface area contributed by atoms with E-state index in [0.29, 0.717) is 5.75 Å². The van der Waals surface area contributed by atoms with Crippen LogP contribution in [-0.2, 0) is 6.42 Å². The lowest BCUT2D eigenvalue weighted by atomic mass is 10.1. The van der Waals surface area contributed by atoms with Gasteiger partial charge in [0, 0.05) is 18.3 Å². The molecule has 0 aliphatic rings. The fraction of sp³-hybridized carbons (Fsp3) is 0.133. The van der Waals surface area contributed by atoms with Crippen molar-refractivity contribution in [2.45, 2.75) is 13.3 Å². The quantitative estimate of drug-likeness (QED) is 0.745. The van der Waals surface area contributed by atoms with Crippen LogP contribution in [0.25, 0.3) is 5.65 Å². The Morgan fingerprint density at radius 3 is 2.78 bits per heavy atom. The van der Waals surface area contributed by atoms with Gasteiger partial charge in [0.1, 0.15) is 11.4 Å². The zero-order valence-corrected chi connectivity index (χ0v) is 10.2. The zero-order valence-electron chi connectivity index (χ0n) is 10.2. The van der Waals surface area contributed by atoms with Gasteiger partial charge in [0.15, 0.2) is 0 Å². The molecule has 0 aliphatic heterocycles. The van der Waals surface area contributed by atoms with Crippen LogP contribution in [-0.4, -0.2) is 14.5 Å². The number of hydrogen-bond donors (Lipinski definition) is 1. The maximum absolute atomic E-state index is 9.45. The first-order chi connectivity index (χ1) is 8.72. The summed E-state index contributed by atoms with van der Waals surface area (Å²) in [6, 6.07) is 13.4. The number of imidazole rings is 1. The summed E-state index contributed by atoms with van der Waals surface area (Å²) in [7, 11) is 0. The van der Waals surface area contributed by atoms with E-state index in [9.17, 15) is 5.11 Å². The van der Waals surface area contributed by atoms with Crippen molar-refractivity contribution in [1.29, 1.82) is 0 Å². The molecule has 1 aromatic carbocycles. The van der Waals surface area contributed by atoms with Crippen molar-refractivity contribution in [2.24, 2.45) is 0 Å². The summed E-state index contributed by atoms with van der Waals surface area (Å²) >= 11 is 0. The summed E-state index contributed by atoms with van der Waals surface area (Å²) in [4.78, 5) is 4.58. The molecule has 3 rings (SSSR count). The van der Waals surface area contributed by atoms with Gasteiger partial charge in [-0.05, 0) is 36.8 Å². The Bertz CT molecular complexity index is 701. The maximum Gasteiger partial charge on any atom is 0.137 e. The molecule has 3 nitrogen and oxygen atoms in total. The molecule has 0 saturated carbocycles. The van der Waals surface area contributed by atoms with Crippen LogP contribution in [0.1, 0.15) is 17.0 Å². The second kappa shape index (κ2) is 4.18. The molecule has 2 heterocycles. The van der Waals surface area contributed by atoms with Crippen molar-refractivity contribution in [3.63, 3.8) is 0 Å². The van der Waals surface area contributed by atoms with Gasteiger partial charge in [-0.25, -0.2) is 4.98 Å². The van der Waals surface area contributed by atoms with Crippen molar-refractivity contribution < 1.29 is 5.11 Å². The molecule has 90 valence electrons. The highest BCUT2D eigenvalue weighted by Gasteiger charge is 2.04. The molecule has 3 aromatic rings. The molecule has 0 amide bonds. The van der Waals surface area contributed by atoms with E-state index in [-0.39, 0.29) is 0 Å². The predicted molar refractivity (Wildman–Crippen MR) is 70.8 cm³/mol. The van der Waals surface area contributed by atoms with Gasteiger partial charge in [-0.15, -0.1) is 0 Å². The lowest BCUT2D eigenvalue weighted by molar-refractivity contribution is 0.474. The maximum atomic E-state index is 9.45. The average molecular weight is 238 g/mol. The van der Waals surface area contributed by atoms with Crippen LogP contribution < -0.4 is 0 Å². The molecule has 0 atom stereocenters. The van der Waals surface area contributed by atoms with Crippen LogP contribution in [0.15, 0.2) is 48.7 Å². The van der Waals surface area contributed by atoms with Crippen LogP contribution in [0.2, 0.25) is 0 Å². The van der Waals surface area contributed by atoms with Crippen molar-refractivity contribution in [3.05, 3.63) is 65.6 Å². The fourth-order valence-electron chi connectivity index (χ4n) is 2.16. The molecular formula is C15H14N2O. The first-order valence-electron chi connectivity index (χ1n) is 5.94. The number of benzene rings is 1. The highest BCUT2D eigenvalue weighted by Crippen LogP contribution is 2.16. The highest BCUT2D eigenvalue weighted by molar-refractivity contribution is 5.42. The van der Waals surface area contributed by atoms with Crippen molar-refractivity contribution in [3.8, 4) is 5.75 Å². The van der Waals surface area contributed by atoms with E-state index in [0.717, 1.165) is 23.3 Å². The Kier molecular flexibility index (Phi) is 2.52. The van der Waals surface area contributed by atoms with Crippen LogP contribution in [0.3, 0.4) is 0 Å². The summed E-state index contributed by atoms with van der Waals surface area (Å²) in [5.41, 5.74) is 4.21. The first-order valence-corrected chi connectivity index (χ1v) is 5.94. The summed E-state index contributed by atoms with van der Waals surface area (Å²) in [6.07, 6.45) is 2.78. The molecule has 0 unspecified atom stereocenters. The summed E-state index contributed by atoms with van der Waals surface area (Å²) in [5.74, 6) is 0.299. The van der Waals surface area contributed by atoms with Gasteiger partial charge < -0.3 is 9.51 Å². The molecule has 0 radical (unpaired) electrons. The normalized spacial score (nSPS) is 10.9. The summed E-state index contributed by atoms with van der Waals surface area (Å²) in [5, 5.41) is 9.45. The summed E-state index contributed by atoms with van der Waals surface area (Å²) in [6.45, 7) is 2.06. The third-order valence-corrected chi connectivity index (χ3v) is 3.04. The van der Waals surface area contributed by atoms with Crippen LogP contribution in [0.5, 0.6) is 5.75 Å². The number of aromatic hydroxyl groups is 1. The topological polar surface area (TPSA) is 37.5 Å². The van der Waals surface area contributed by atoms with E-state index >= 15 is 0 Å². The molecule has 0 aliphatic carbocycles. The van der Waals surface area contributed by atoms with Crippen LogP contribution in [0.4, 0.5) is 0 Å². The van der Waals surface area contributed by atoms with Crippen LogP contribution in [0, 0.1) is 6.92 Å². The van der Waals surface area contributed by atoms with Crippen molar-refractivity contribution in [1.82, 2.24) is 9.38 Å². The van der Waals surface area contributed by atoms with Gasteiger partial charge in [-0.3, -0.25) is 0 Å². The molecule has 0 bridgehead atoms. The monoisotopic (exact) mass is 238 g/mol. The number of phenols is 1. The number of fused-ring (bicyclic) bond motifs is 1. The molecule has 18 heavy (non-hydrogen) atoms. The molecular weight excluding hydrogens is 224 g/mol. The Morgan fingerprint density at radius 2 is 2.00 bits per heavy atom. The predicted octanol–water partition coefficient (Wildman–Crippen LogP) is 2.94. The van der Waals surface area contributed by atoms with Crippen molar-refractivity contribution in [2.75, 3.05) is 0 Å². The second-order valence-electron chi connectivity index (χ2n) is 4.47. The Hall–Kier alpha value is -2.29. The van der Waals surface area contributed by atoms with E-state index in [2.05, 4.69) is 28.6 Å². The highest BCUT2D eigenvalue weighted by atomic mass is 16.3. The first kappa shape index (κ1) is 10.8. The molecule has 0 spiro atoms. The van der Waals surface area contributed by atoms with E-state index in [1.807, 2.05) is 24.3 Å². The fourth-order valence-corrected chi connectivity index (χ4v) is 2.16. The number of phenolic OH excluding ortho intramolecular Hbond substituents is 1. The van der Waals surface area contributed by atoms with Crippen molar-refractivity contribution >= 4 is 5.65 Å². The molecule has 0 saturated heterocycles.